The first kappa shape index (κ1) is 37.5. The van der Waals surface area contributed by atoms with Gasteiger partial charge in [0.1, 0.15) is 5.82 Å². The van der Waals surface area contributed by atoms with Crippen LogP contribution in [-0.2, 0) is 10.8 Å². The molecule has 10 aromatic rings. The highest BCUT2D eigenvalue weighted by atomic mass is 15.2. The van der Waals surface area contributed by atoms with Gasteiger partial charge < -0.3 is 0 Å². The zero-order chi connectivity index (χ0) is 43.3. The second kappa shape index (κ2) is 14.2. The summed E-state index contributed by atoms with van der Waals surface area (Å²) < 4.78 is 0. The standard InChI is InChI=1S/C63H44N2/c1-62(2)53-27-13-9-22-47(53)51-34-32-43(38-57(51)62)44-36-37-64-60(39-44)65(59-31-17-26-46(41-18-5-3-6-19-41)61(59)42-20-7-4-8-21-42)45-33-35-52-50-25-12-16-30-56(50)63(58(52)40-45)54-28-14-10-23-48(54)49-24-11-15-29-55(49)63/h3-40H,1-2H3. The Hall–Kier alpha value is -8.07. The number of benzene rings is 9. The molecule has 1 spiro atoms. The molecule has 65 heavy (non-hydrogen) atoms. The van der Waals surface area contributed by atoms with Crippen LogP contribution in [0.3, 0.4) is 0 Å². The average molecular weight is 829 g/mol. The summed E-state index contributed by atoms with van der Waals surface area (Å²) in [6, 6.07) is 83.0. The first-order valence-electron chi connectivity index (χ1n) is 22.7. The number of rotatable bonds is 6. The second-order valence-electron chi connectivity index (χ2n) is 18.2. The van der Waals surface area contributed by atoms with Gasteiger partial charge >= 0.3 is 0 Å². The van der Waals surface area contributed by atoms with Crippen molar-refractivity contribution in [2.45, 2.75) is 24.7 Å². The van der Waals surface area contributed by atoms with Gasteiger partial charge in [0.15, 0.2) is 0 Å². The molecule has 3 aliphatic carbocycles. The minimum Gasteiger partial charge on any atom is -0.294 e. The third kappa shape index (κ3) is 5.38. The minimum atomic E-state index is -0.487. The van der Waals surface area contributed by atoms with Gasteiger partial charge in [0.2, 0.25) is 0 Å². The lowest BCUT2D eigenvalue weighted by Crippen LogP contribution is -2.26. The zero-order valence-corrected chi connectivity index (χ0v) is 36.3. The zero-order valence-electron chi connectivity index (χ0n) is 36.3. The van der Waals surface area contributed by atoms with Gasteiger partial charge in [-0.25, -0.2) is 4.98 Å². The maximum atomic E-state index is 5.31. The van der Waals surface area contributed by atoms with Gasteiger partial charge in [-0.1, -0.05) is 202 Å². The van der Waals surface area contributed by atoms with E-state index in [4.69, 9.17) is 4.98 Å². The fourth-order valence-corrected chi connectivity index (χ4v) is 11.7. The number of aromatic nitrogens is 1. The Morgan fingerprint density at radius 2 is 0.831 bits per heavy atom. The Morgan fingerprint density at radius 3 is 1.48 bits per heavy atom. The number of nitrogens with zero attached hydrogens (tertiary/aromatic N) is 2. The summed E-state index contributed by atoms with van der Waals surface area (Å²) in [5.41, 5.74) is 24.2. The molecule has 13 rings (SSSR count). The van der Waals surface area contributed by atoms with E-state index in [9.17, 15) is 0 Å². The van der Waals surface area contributed by atoms with Gasteiger partial charge in [-0.05, 0) is 131 Å². The minimum absolute atomic E-state index is 0.109. The third-order valence-electron chi connectivity index (χ3n) is 14.6. The van der Waals surface area contributed by atoms with E-state index < -0.39 is 5.41 Å². The molecule has 0 aliphatic heterocycles. The van der Waals surface area contributed by atoms with E-state index in [0.717, 1.165) is 33.9 Å². The van der Waals surface area contributed by atoms with Crippen molar-refractivity contribution in [3.05, 3.63) is 264 Å². The van der Waals surface area contributed by atoms with Crippen molar-refractivity contribution in [2.75, 3.05) is 4.90 Å². The molecule has 0 fully saturated rings. The Kier molecular flexibility index (Phi) is 8.20. The lowest BCUT2D eigenvalue weighted by molar-refractivity contribution is 0.660. The molecule has 0 bridgehead atoms. The summed E-state index contributed by atoms with van der Waals surface area (Å²) in [5, 5.41) is 0. The van der Waals surface area contributed by atoms with Crippen molar-refractivity contribution >= 4 is 17.2 Å². The van der Waals surface area contributed by atoms with Crippen molar-refractivity contribution < 1.29 is 0 Å². The monoisotopic (exact) mass is 828 g/mol. The highest BCUT2D eigenvalue weighted by Gasteiger charge is 2.51. The van der Waals surface area contributed by atoms with Crippen LogP contribution < -0.4 is 4.90 Å². The van der Waals surface area contributed by atoms with Gasteiger partial charge in [0.25, 0.3) is 0 Å². The lowest BCUT2D eigenvalue weighted by Gasteiger charge is -2.32. The molecule has 0 saturated heterocycles. The highest BCUT2D eigenvalue weighted by molar-refractivity contribution is 5.99. The smallest absolute Gasteiger partial charge is 0.138 e. The third-order valence-corrected chi connectivity index (χ3v) is 14.6. The maximum Gasteiger partial charge on any atom is 0.138 e. The summed E-state index contributed by atoms with van der Waals surface area (Å²) in [6.45, 7) is 4.71. The van der Waals surface area contributed by atoms with E-state index in [1.807, 2.05) is 6.20 Å². The second-order valence-corrected chi connectivity index (χ2v) is 18.2. The first-order valence-corrected chi connectivity index (χ1v) is 22.7. The van der Waals surface area contributed by atoms with E-state index in [1.54, 1.807) is 0 Å². The summed E-state index contributed by atoms with van der Waals surface area (Å²) >= 11 is 0. The molecule has 0 saturated carbocycles. The molecule has 0 unspecified atom stereocenters. The van der Waals surface area contributed by atoms with E-state index in [0.29, 0.717) is 0 Å². The van der Waals surface area contributed by atoms with Crippen LogP contribution >= 0.6 is 0 Å². The van der Waals surface area contributed by atoms with Gasteiger partial charge in [-0.2, -0.15) is 0 Å². The van der Waals surface area contributed by atoms with Crippen LogP contribution in [0.2, 0.25) is 0 Å². The van der Waals surface area contributed by atoms with E-state index in [1.165, 1.54) is 83.5 Å². The van der Waals surface area contributed by atoms with Crippen LogP contribution in [0.4, 0.5) is 17.2 Å². The topological polar surface area (TPSA) is 16.1 Å². The highest BCUT2D eigenvalue weighted by Crippen LogP contribution is 2.63. The molecule has 0 amide bonds. The van der Waals surface area contributed by atoms with Crippen molar-refractivity contribution in [3.8, 4) is 66.8 Å². The van der Waals surface area contributed by atoms with Gasteiger partial charge in [-0.15, -0.1) is 0 Å². The Morgan fingerprint density at radius 1 is 0.338 bits per heavy atom. The van der Waals surface area contributed by atoms with Crippen molar-refractivity contribution in [1.82, 2.24) is 4.98 Å². The SMILES string of the molecule is CC1(C)c2ccccc2-c2ccc(-c3ccnc(N(c4ccc5c(c4)C4(c6ccccc6-c6ccccc64)c4ccccc4-5)c4cccc(-c5ccccc5)c4-c4ccccc4)c3)cc21. The Bertz CT molecular complexity index is 3460. The van der Waals surface area contributed by atoms with Gasteiger partial charge in [0.05, 0.1) is 11.1 Å². The van der Waals surface area contributed by atoms with Crippen LogP contribution in [0.5, 0.6) is 0 Å². The van der Waals surface area contributed by atoms with Gasteiger partial charge in [-0.3, -0.25) is 4.90 Å². The molecule has 3 aliphatic rings. The Labute approximate surface area is 380 Å². The number of hydrogen-bond donors (Lipinski definition) is 0. The summed E-state index contributed by atoms with van der Waals surface area (Å²) in [7, 11) is 0. The van der Waals surface area contributed by atoms with Crippen LogP contribution in [0, 0.1) is 0 Å². The molecule has 1 heterocycles. The Balaban J connectivity index is 1.07. The van der Waals surface area contributed by atoms with Crippen LogP contribution in [0.1, 0.15) is 47.2 Å². The summed E-state index contributed by atoms with van der Waals surface area (Å²) in [4.78, 5) is 7.72. The molecule has 0 radical (unpaired) electrons. The van der Waals surface area contributed by atoms with E-state index in [-0.39, 0.29) is 5.41 Å². The fourth-order valence-electron chi connectivity index (χ4n) is 11.7. The quantitative estimate of drug-likeness (QED) is 0.166. The first-order chi connectivity index (χ1) is 32.0. The van der Waals surface area contributed by atoms with E-state index in [2.05, 4.69) is 243 Å². The molecule has 0 atom stereocenters. The average Bonchev–Trinajstić information content (AvgIpc) is 3.93. The van der Waals surface area contributed by atoms with Crippen LogP contribution in [-0.4, -0.2) is 4.98 Å². The largest absolute Gasteiger partial charge is 0.294 e. The van der Waals surface area contributed by atoms with Gasteiger partial charge in [0, 0.05) is 22.9 Å². The van der Waals surface area contributed by atoms with Crippen molar-refractivity contribution in [2.24, 2.45) is 0 Å². The summed E-state index contributed by atoms with van der Waals surface area (Å²) in [6.07, 6.45) is 1.99. The van der Waals surface area contributed by atoms with Crippen molar-refractivity contribution in [1.29, 1.82) is 0 Å². The molecule has 2 nitrogen and oxygen atoms in total. The molecule has 0 N–H and O–H groups in total. The predicted octanol–water partition coefficient (Wildman–Crippen LogP) is 16.2. The fraction of sp³-hybridized carbons (Fsp3) is 0.0635. The molecule has 1 aromatic heterocycles. The number of hydrogen-bond acceptors (Lipinski definition) is 2. The molecule has 2 heteroatoms. The summed E-state index contributed by atoms with van der Waals surface area (Å²) in [5.74, 6) is 0.852. The van der Waals surface area contributed by atoms with Crippen LogP contribution in [0.15, 0.2) is 231 Å². The van der Waals surface area contributed by atoms with Crippen LogP contribution in [0.25, 0.3) is 66.8 Å². The number of pyridine rings is 1. The molecule has 9 aromatic carbocycles. The molecular weight excluding hydrogens is 785 g/mol. The predicted molar refractivity (Wildman–Crippen MR) is 269 cm³/mol. The molecular formula is C63H44N2. The molecule has 306 valence electrons. The normalized spacial score (nSPS) is 13.9. The lowest BCUT2D eigenvalue weighted by atomic mass is 9.70. The number of anilines is 3. The van der Waals surface area contributed by atoms with Crippen molar-refractivity contribution in [3.63, 3.8) is 0 Å². The van der Waals surface area contributed by atoms with E-state index >= 15 is 0 Å². The maximum absolute atomic E-state index is 5.31. The number of fused-ring (bicyclic) bond motifs is 13.